The number of fused-ring (bicyclic) bond motifs is 2. The van der Waals surface area contributed by atoms with E-state index in [2.05, 4.69) is 68.8 Å². The molecule has 1 N–H and O–H groups in total. The standard InChI is InChI=1S/C12H9NS.C3H3N3/c1-3-7-11-9(5-1)13-10-6-2-4-8-12(10)14-11;1-4-2-6-3-5-1/h1-8,13H;1-3H. The third-order valence-electron chi connectivity index (χ3n) is 2.66. The van der Waals surface area contributed by atoms with Crippen LogP contribution in [-0.4, -0.2) is 15.0 Å². The monoisotopic (exact) mass is 280 g/mol. The molecule has 98 valence electrons. The molecule has 0 radical (unpaired) electrons. The zero-order chi connectivity index (χ0) is 13.6. The molecule has 2 aromatic carbocycles. The van der Waals surface area contributed by atoms with Gasteiger partial charge in [0.05, 0.1) is 11.4 Å². The van der Waals surface area contributed by atoms with Gasteiger partial charge in [0.15, 0.2) is 0 Å². The van der Waals surface area contributed by atoms with Gasteiger partial charge in [-0.2, -0.15) is 0 Å². The van der Waals surface area contributed by atoms with Crippen molar-refractivity contribution in [1.82, 2.24) is 15.0 Å². The lowest BCUT2D eigenvalue weighted by Gasteiger charge is -2.19. The first-order chi connectivity index (χ1) is 9.93. The number of anilines is 2. The second-order valence-corrected chi connectivity index (χ2v) is 5.10. The third-order valence-corrected chi connectivity index (χ3v) is 3.82. The first kappa shape index (κ1) is 12.6. The fourth-order valence-electron chi connectivity index (χ4n) is 1.79. The van der Waals surface area contributed by atoms with E-state index in [0.717, 1.165) is 0 Å². The van der Waals surface area contributed by atoms with Gasteiger partial charge in [0.25, 0.3) is 0 Å². The van der Waals surface area contributed by atoms with Crippen LogP contribution in [0.1, 0.15) is 0 Å². The molecule has 5 heteroatoms. The van der Waals surface area contributed by atoms with Crippen molar-refractivity contribution in [3.05, 3.63) is 67.5 Å². The smallest absolute Gasteiger partial charge is 0.119 e. The van der Waals surface area contributed by atoms with Crippen molar-refractivity contribution in [2.45, 2.75) is 9.79 Å². The predicted molar refractivity (Wildman–Crippen MR) is 80.1 cm³/mol. The van der Waals surface area contributed by atoms with Crippen LogP contribution in [0.25, 0.3) is 0 Å². The number of nitrogens with zero attached hydrogens (tertiary/aromatic N) is 3. The minimum atomic E-state index is 1.20. The molecule has 0 atom stereocenters. The number of nitrogens with one attached hydrogen (secondary N) is 1. The summed E-state index contributed by atoms with van der Waals surface area (Å²) in [5.41, 5.74) is 2.41. The third kappa shape index (κ3) is 2.95. The quantitative estimate of drug-likeness (QED) is 0.531. The summed E-state index contributed by atoms with van der Waals surface area (Å²) in [6, 6.07) is 16.8. The Hall–Kier alpha value is -2.40. The average Bonchev–Trinajstić information content (AvgIpc) is 2.55. The molecule has 0 saturated heterocycles. The van der Waals surface area contributed by atoms with Gasteiger partial charge in [-0.05, 0) is 24.3 Å². The molecule has 1 aliphatic rings. The largest absolute Gasteiger partial charge is 0.354 e. The van der Waals surface area contributed by atoms with E-state index in [0.29, 0.717) is 0 Å². The fourth-order valence-corrected chi connectivity index (χ4v) is 2.77. The number of hydrogen-bond donors (Lipinski definition) is 1. The Labute approximate surface area is 121 Å². The highest BCUT2D eigenvalue weighted by molar-refractivity contribution is 7.99. The van der Waals surface area contributed by atoms with Crippen molar-refractivity contribution < 1.29 is 0 Å². The van der Waals surface area contributed by atoms with Crippen molar-refractivity contribution in [2.75, 3.05) is 5.32 Å². The summed E-state index contributed by atoms with van der Waals surface area (Å²) >= 11 is 1.82. The molecule has 3 aromatic rings. The molecule has 0 bridgehead atoms. The lowest BCUT2D eigenvalue weighted by atomic mass is 10.2. The van der Waals surface area contributed by atoms with Crippen LogP contribution in [0.4, 0.5) is 11.4 Å². The number of rotatable bonds is 0. The Morgan fingerprint density at radius 1 is 0.650 bits per heavy atom. The SMILES string of the molecule is c1ccc2c(c1)Nc1ccccc1S2.c1ncncn1. The maximum atomic E-state index is 3.56. The van der Waals surface area contributed by atoms with Crippen LogP contribution in [0.15, 0.2) is 77.3 Å². The maximum Gasteiger partial charge on any atom is 0.119 e. The molecule has 4 rings (SSSR count). The molecule has 0 fully saturated rings. The van der Waals surface area contributed by atoms with Crippen LogP contribution in [0.5, 0.6) is 0 Å². The second kappa shape index (κ2) is 6.16. The molecule has 0 amide bonds. The first-order valence-electron chi connectivity index (χ1n) is 6.11. The molecular formula is C15H12N4S. The van der Waals surface area contributed by atoms with Crippen molar-refractivity contribution in [2.24, 2.45) is 0 Å². The highest BCUT2D eigenvalue weighted by Crippen LogP contribution is 2.43. The van der Waals surface area contributed by atoms with Gasteiger partial charge in [0, 0.05) is 9.79 Å². The van der Waals surface area contributed by atoms with E-state index in [1.165, 1.54) is 40.1 Å². The van der Waals surface area contributed by atoms with Crippen LogP contribution >= 0.6 is 11.8 Å². The molecule has 20 heavy (non-hydrogen) atoms. The van der Waals surface area contributed by atoms with Gasteiger partial charge in [-0.1, -0.05) is 36.0 Å². The van der Waals surface area contributed by atoms with Gasteiger partial charge < -0.3 is 5.32 Å². The summed E-state index contributed by atoms with van der Waals surface area (Å²) in [6.45, 7) is 0. The van der Waals surface area contributed by atoms with E-state index in [-0.39, 0.29) is 0 Å². The van der Waals surface area contributed by atoms with Gasteiger partial charge in [-0.3, -0.25) is 0 Å². The molecule has 0 spiro atoms. The van der Waals surface area contributed by atoms with E-state index >= 15 is 0 Å². The Morgan fingerprint density at radius 3 is 1.55 bits per heavy atom. The summed E-state index contributed by atoms with van der Waals surface area (Å²) < 4.78 is 0. The minimum absolute atomic E-state index is 1.20. The van der Waals surface area contributed by atoms with Crippen LogP contribution in [0.2, 0.25) is 0 Å². The predicted octanol–water partition coefficient (Wildman–Crippen LogP) is 3.77. The molecule has 1 aromatic heterocycles. The van der Waals surface area contributed by atoms with Crippen molar-refractivity contribution >= 4 is 23.1 Å². The summed E-state index contributed by atoms with van der Waals surface area (Å²) in [5.74, 6) is 0. The first-order valence-corrected chi connectivity index (χ1v) is 6.93. The van der Waals surface area contributed by atoms with Crippen LogP contribution in [0.3, 0.4) is 0 Å². The van der Waals surface area contributed by atoms with Gasteiger partial charge in [0.1, 0.15) is 19.0 Å². The van der Waals surface area contributed by atoms with Crippen molar-refractivity contribution in [3.8, 4) is 0 Å². The Morgan fingerprint density at radius 2 is 1.10 bits per heavy atom. The lowest BCUT2D eigenvalue weighted by Crippen LogP contribution is -1.98. The summed E-state index contributed by atoms with van der Waals surface area (Å²) in [6.07, 6.45) is 4.31. The summed E-state index contributed by atoms with van der Waals surface area (Å²) in [4.78, 5) is 13.3. The van der Waals surface area contributed by atoms with Crippen LogP contribution in [0, 0.1) is 0 Å². The van der Waals surface area contributed by atoms with Gasteiger partial charge in [0.2, 0.25) is 0 Å². The normalized spacial score (nSPS) is 11.2. The number of hydrogen-bond acceptors (Lipinski definition) is 5. The summed E-state index contributed by atoms with van der Waals surface area (Å²) in [7, 11) is 0. The molecule has 0 saturated carbocycles. The van der Waals surface area contributed by atoms with E-state index < -0.39 is 0 Å². The zero-order valence-electron chi connectivity index (χ0n) is 10.6. The average molecular weight is 280 g/mol. The van der Waals surface area contributed by atoms with Crippen molar-refractivity contribution in [3.63, 3.8) is 0 Å². The second-order valence-electron chi connectivity index (χ2n) is 4.01. The molecule has 0 unspecified atom stereocenters. The van der Waals surface area contributed by atoms with Gasteiger partial charge in [-0.25, -0.2) is 15.0 Å². The molecule has 4 nitrogen and oxygen atoms in total. The van der Waals surface area contributed by atoms with Gasteiger partial charge >= 0.3 is 0 Å². The van der Waals surface area contributed by atoms with Gasteiger partial charge in [-0.15, -0.1) is 0 Å². The minimum Gasteiger partial charge on any atom is -0.354 e. The lowest BCUT2D eigenvalue weighted by molar-refractivity contribution is 1.05. The van der Waals surface area contributed by atoms with E-state index in [1.807, 2.05) is 11.8 Å². The Balaban J connectivity index is 0.000000170. The Bertz CT molecular complexity index is 574. The van der Waals surface area contributed by atoms with Crippen LogP contribution < -0.4 is 5.32 Å². The zero-order valence-corrected chi connectivity index (χ0v) is 11.4. The Kier molecular flexibility index (Phi) is 3.89. The molecule has 1 aliphatic heterocycles. The highest BCUT2D eigenvalue weighted by atomic mass is 32.2. The number of aromatic nitrogens is 3. The summed E-state index contributed by atoms with van der Waals surface area (Å²) in [5, 5.41) is 3.42. The van der Waals surface area contributed by atoms with E-state index in [1.54, 1.807) is 0 Å². The van der Waals surface area contributed by atoms with E-state index in [4.69, 9.17) is 0 Å². The number of para-hydroxylation sites is 2. The molecule has 2 heterocycles. The number of benzene rings is 2. The van der Waals surface area contributed by atoms with Crippen LogP contribution in [-0.2, 0) is 0 Å². The fraction of sp³-hybridized carbons (Fsp3) is 0. The topological polar surface area (TPSA) is 50.7 Å². The van der Waals surface area contributed by atoms with Crippen molar-refractivity contribution in [1.29, 1.82) is 0 Å². The molecular weight excluding hydrogens is 268 g/mol. The van der Waals surface area contributed by atoms with E-state index in [9.17, 15) is 0 Å². The molecule has 0 aliphatic carbocycles. The maximum absolute atomic E-state index is 3.56. The highest BCUT2D eigenvalue weighted by Gasteiger charge is 2.13.